The third-order valence-corrected chi connectivity index (χ3v) is 4.48. The molecule has 1 atom stereocenters. The SMILES string of the molecule is C[C@H](OC(=O)Cn1nnc(-c2cccs2)n1)C(=O)Nc1ccc(F)c(Cl)c1. The molecular weight excluding hydrogens is 397 g/mol. The van der Waals surface area contributed by atoms with E-state index < -0.39 is 23.8 Å². The highest BCUT2D eigenvalue weighted by molar-refractivity contribution is 7.13. The number of halogens is 2. The predicted molar refractivity (Wildman–Crippen MR) is 96.7 cm³/mol. The van der Waals surface area contributed by atoms with Gasteiger partial charge in [-0.25, -0.2) is 9.18 Å². The van der Waals surface area contributed by atoms with Crippen LogP contribution in [0.4, 0.5) is 10.1 Å². The maximum atomic E-state index is 13.1. The number of ether oxygens (including phenoxy) is 1. The van der Waals surface area contributed by atoms with Gasteiger partial charge in [0, 0.05) is 5.69 Å². The highest BCUT2D eigenvalue weighted by atomic mass is 35.5. The molecule has 11 heteroatoms. The molecule has 0 aliphatic carbocycles. The molecule has 0 saturated heterocycles. The van der Waals surface area contributed by atoms with Gasteiger partial charge in [0.15, 0.2) is 12.6 Å². The summed E-state index contributed by atoms with van der Waals surface area (Å²) in [6.45, 7) is 1.11. The Morgan fingerprint density at radius 1 is 1.41 bits per heavy atom. The lowest BCUT2D eigenvalue weighted by molar-refractivity contribution is -0.154. The lowest BCUT2D eigenvalue weighted by Crippen LogP contribution is -2.31. The molecule has 0 fully saturated rings. The first-order valence-corrected chi connectivity index (χ1v) is 8.95. The third kappa shape index (κ3) is 4.86. The second-order valence-electron chi connectivity index (χ2n) is 5.37. The summed E-state index contributed by atoms with van der Waals surface area (Å²) in [5.74, 6) is -1.49. The Labute approximate surface area is 161 Å². The number of benzene rings is 1. The summed E-state index contributed by atoms with van der Waals surface area (Å²) in [5, 5.41) is 16.0. The molecule has 0 aliphatic heterocycles. The topological polar surface area (TPSA) is 99.0 Å². The van der Waals surface area contributed by atoms with Crippen LogP contribution in [0.2, 0.25) is 5.02 Å². The van der Waals surface area contributed by atoms with Crippen LogP contribution in [0.5, 0.6) is 0 Å². The number of carbonyl (C=O) groups excluding carboxylic acids is 2. The molecule has 27 heavy (non-hydrogen) atoms. The summed E-state index contributed by atoms with van der Waals surface area (Å²) >= 11 is 7.10. The van der Waals surface area contributed by atoms with E-state index in [1.807, 2.05) is 17.5 Å². The largest absolute Gasteiger partial charge is 0.451 e. The van der Waals surface area contributed by atoms with Crippen molar-refractivity contribution in [2.45, 2.75) is 19.6 Å². The van der Waals surface area contributed by atoms with Crippen molar-refractivity contribution in [3.63, 3.8) is 0 Å². The van der Waals surface area contributed by atoms with Crippen LogP contribution in [0.3, 0.4) is 0 Å². The molecule has 2 heterocycles. The molecule has 0 bridgehead atoms. The number of aromatic nitrogens is 4. The van der Waals surface area contributed by atoms with Crippen molar-refractivity contribution in [3.8, 4) is 10.7 Å². The molecule has 0 spiro atoms. The van der Waals surface area contributed by atoms with Crippen LogP contribution in [0.25, 0.3) is 10.7 Å². The fourth-order valence-electron chi connectivity index (χ4n) is 2.04. The summed E-state index contributed by atoms with van der Waals surface area (Å²) < 4.78 is 18.2. The molecule has 0 saturated carbocycles. The zero-order chi connectivity index (χ0) is 19.4. The van der Waals surface area contributed by atoms with Crippen molar-refractivity contribution in [2.24, 2.45) is 0 Å². The van der Waals surface area contributed by atoms with Crippen molar-refractivity contribution in [3.05, 3.63) is 46.6 Å². The molecule has 2 aromatic heterocycles. The predicted octanol–water partition coefficient (Wildman–Crippen LogP) is 2.76. The highest BCUT2D eigenvalue weighted by Gasteiger charge is 2.19. The maximum absolute atomic E-state index is 13.1. The fourth-order valence-corrected chi connectivity index (χ4v) is 2.86. The van der Waals surface area contributed by atoms with Crippen molar-refractivity contribution < 1.29 is 18.7 Å². The normalized spacial score (nSPS) is 11.8. The Kier molecular flexibility index (Phi) is 5.77. The van der Waals surface area contributed by atoms with Crippen molar-refractivity contribution >= 4 is 40.5 Å². The molecule has 3 rings (SSSR count). The summed E-state index contributed by atoms with van der Waals surface area (Å²) in [6, 6.07) is 7.41. The van der Waals surface area contributed by atoms with Crippen LogP contribution < -0.4 is 5.32 Å². The van der Waals surface area contributed by atoms with E-state index in [-0.39, 0.29) is 17.3 Å². The number of thiophene rings is 1. The van der Waals surface area contributed by atoms with Crippen LogP contribution in [0.15, 0.2) is 35.7 Å². The van der Waals surface area contributed by atoms with E-state index in [9.17, 15) is 14.0 Å². The second-order valence-corrected chi connectivity index (χ2v) is 6.73. The van der Waals surface area contributed by atoms with E-state index in [2.05, 4.69) is 20.7 Å². The van der Waals surface area contributed by atoms with E-state index in [1.54, 1.807) is 0 Å². The van der Waals surface area contributed by atoms with Gasteiger partial charge in [-0.05, 0) is 41.8 Å². The van der Waals surface area contributed by atoms with Gasteiger partial charge < -0.3 is 10.1 Å². The Hall–Kier alpha value is -2.85. The van der Waals surface area contributed by atoms with Gasteiger partial charge in [-0.3, -0.25) is 4.79 Å². The van der Waals surface area contributed by atoms with Crippen LogP contribution in [0, 0.1) is 5.82 Å². The number of nitrogens with one attached hydrogen (secondary N) is 1. The van der Waals surface area contributed by atoms with Crippen LogP contribution >= 0.6 is 22.9 Å². The number of carbonyl (C=O) groups is 2. The van der Waals surface area contributed by atoms with Gasteiger partial charge in [0.1, 0.15) is 5.82 Å². The summed E-state index contributed by atoms with van der Waals surface area (Å²) in [5.41, 5.74) is 0.285. The van der Waals surface area contributed by atoms with Crippen molar-refractivity contribution in [2.75, 3.05) is 5.32 Å². The molecule has 1 aromatic carbocycles. The number of hydrogen-bond donors (Lipinski definition) is 1. The van der Waals surface area contributed by atoms with Gasteiger partial charge in [-0.2, -0.15) is 4.80 Å². The van der Waals surface area contributed by atoms with E-state index >= 15 is 0 Å². The highest BCUT2D eigenvalue weighted by Crippen LogP contribution is 2.20. The number of rotatable bonds is 6. The molecular formula is C16H13ClFN5O3S. The fraction of sp³-hybridized carbons (Fsp3) is 0.188. The first kappa shape index (κ1) is 18.9. The Morgan fingerprint density at radius 3 is 2.93 bits per heavy atom. The van der Waals surface area contributed by atoms with Crippen LogP contribution in [-0.2, 0) is 20.9 Å². The average molecular weight is 410 g/mol. The zero-order valence-corrected chi connectivity index (χ0v) is 15.5. The molecule has 0 radical (unpaired) electrons. The van der Waals surface area contributed by atoms with Crippen molar-refractivity contribution in [1.29, 1.82) is 0 Å². The monoisotopic (exact) mass is 409 g/mol. The Balaban J connectivity index is 1.53. The summed E-state index contributed by atoms with van der Waals surface area (Å²) in [7, 11) is 0. The van der Waals surface area contributed by atoms with Gasteiger partial charge in [0.2, 0.25) is 5.82 Å². The minimum Gasteiger partial charge on any atom is -0.451 e. The number of nitrogens with zero attached hydrogens (tertiary/aromatic N) is 4. The summed E-state index contributed by atoms with van der Waals surface area (Å²) in [4.78, 5) is 26.0. The molecule has 0 aliphatic rings. The average Bonchev–Trinajstić information content (AvgIpc) is 3.29. The number of hydrogen-bond acceptors (Lipinski definition) is 7. The Bertz CT molecular complexity index is 963. The standard InChI is InChI=1S/C16H13ClFN5O3S/c1-9(16(25)19-10-4-5-12(18)11(17)7-10)26-14(24)8-23-21-15(20-22-23)13-3-2-6-27-13/h2-7,9H,8H2,1H3,(H,19,25)/t9-/m0/s1. The lowest BCUT2D eigenvalue weighted by atomic mass is 10.3. The Morgan fingerprint density at radius 2 is 2.22 bits per heavy atom. The van der Waals surface area contributed by atoms with Gasteiger partial charge in [0.05, 0.1) is 9.90 Å². The molecule has 1 amide bonds. The minimum absolute atomic E-state index is 0.128. The molecule has 1 N–H and O–H groups in total. The lowest BCUT2D eigenvalue weighted by Gasteiger charge is -2.13. The van der Waals surface area contributed by atoms with Gasteiger partial charge >= 0.3 is 5.97 Å². The molecule has 3 aromatic rings. The molecule has 140 valence electrons. The smallest absolute Gasteiger partial charge is 0.330 e. The zero-order valence-electron chi connectivity index (χ0n) is 13.9. The minimum atomic E-state index is -1.08. The van der Waals surface area contributed by atoms with Gasteiger partial charge in [0.25, 0.3) is 5.91 Å². The number of tetrazole rings is 1. The first-order valence-electron chi connectivity index (χ1n) is 7.69. The van der Waals surface area contributed by atoms with Gasteiger partial charge in [-0.1, -0.05) is 17.7 Å². The van der Waals surface area contributed by atoms with Gasteiger partial charge in [-0.15, -0.1) is 21.5 Å². The van der Waals surface area contributed by atoms with E-state index in [1.165, 1.54) is 30.4 Å². The number of anilines is 1. The number of amides is 1. The first-order chi connectivity index (χ1) is 12.9. The van der Waals surface area contributed by atoms with Crippen molar-refractivity contribution in [1.82, 2.24) is 20.2 Å². The molecule has 8 nitrogen and oxygen atoms in total. The maximum Gasteiger partial charge on any atom is 0.330 e. The second kappa shape index (κ2) is 8.23. The summed E-state index contributed by atoms with van der Waals surface area (Å²) in [6.07, 6.45) is -1.08. The van der Waals surface area contributed by atoms with E-state index in [4.69, 9.17) is 16.3 Å². The van der Waals surface area contributed by atoms with E-state index in [0.717, 1.165) is 15.7 Å². The van der Waals surface area contributed by atoms with E-state index in [0.29, 0.717) is 5.82 Å². The molecule has 0 unspecified atom stereocenters. The van der Waals surface area contributed by atoms with Crippen LogP contribution in [0.1, 0.15) is 6.92 Å². The quantitative estimate of drug-likeness (QED) is 0.628. The number of esters is 1. The van der Waals surface area contributed by atoms with Crippen LogP contribution in [-0.4, -0.2) is 38.2 Å². The third-order valence-electron chi connectivity index (χ3n) is 3.33.